The summed E-state index contributed by atoms with van der Waals surface area (Å²) in [6, 6.07) is 10.3. The lowest BCUT2D eigenvalue weighted by atomic mass is 10.1. The van der Waals surface area contributed by atoms with E-state index in [-0.39, 0.29) is 22.9 Å². The van der Waals surface area contributed by atoms with Gasteiger partial charge in [-0.3, -0.25) is 9.35 Å². The first kappa shape index (κ1) is 18.9. The summed E-state index contributed by atoms with van der Waals surface area (Å²) in [6.45, 7) is 1.98. The first-order valence-electron chi connectivity index (χ1n) is 8.20. The van der Waals surface area contributed by atoms with Gasteiger partial charge in [-0.1, -0.05) is 24.2 Å². The third-order valence-corrected chi connectivity index (χ3v) is 4.85. The van der Waals surface area contributed by atoms with Crippen LogP contribution >= 0.6 is 0 Å². The van der Waals surface area contributed by atoms with Crippen LogP contribution in [0.3, 0.4) is 0 Å². The second-order valence-corrected chi connectivity index (χ2v) is 6.48. The molecule has 0 aliphatic rings. The number of benzene rings is 2. The molecule has 2 N–H and O–H groups in total. The van der Waals surface area contributed by atoms with Crippen LogP contribution in [0.2, 0.25) is 0 Å². The Morgan fingerprint density at radius 2 is 2.15 bits per heavy atom. The molecule has 0 fully saturated rings. The van der Waals surface area contributed by atoms with Gasteiger partial charge < -0.3 is 14.6 Å². The summed E-state index contributed by atoms with van der Waals surface area (Å²) in [6.07, 6.45) is 0.739. The zero-order valence-electron chi connectivity index (χ0n) is 15.1. The highest BCUT2D eigenvalue weighted by molar-refractivity contribution is 7.81. The molecule has 142 valence electrons. The second kappa shape index (κ2) is 7.77. The van der Waals surface area contributed by atoms with Crippen LogP contribution in [0.25, 0.3) is 11.0 Å². The molecule has 0 radical (unpaired) electrons. The number of anilines is 2. The Morgan fingerprint density at radius 1 is 1.37 bits per heavy atom. The van der Waals surface area contributed by atoms with Crippen LogP contribution in [0.5, 0.6) is 5.75 Å². The average molecular weight is 389 g/mol. The standard InChI is InChI=1S/C18H19N3O5S/c1-4-11-8-9-15(25-3)14(10-11)21(27(23)24)17-12-6-5-7-13(18(22)19-2)16(12)26-20-17/h5-10H,4H2,1-3H3,(H,19,22)(H,23,24). The fraction of sp³-hybridized carbons (Fsp3) is 0.222. The van der Waals surface area contributed by atoms with E-state index in [2.05, 4.69) is 10.5 Å². The van der Waals surface area contributed by atoms with Gasteiger partial charge in [0.2, 0.25) is 0 Å². The van der Waals surface area contributed by atoms with Gasteiger partial charge >= 0.3 is 0 Å². The summed E-state index contributed by atoms with van der Waals surface area (Å²) >= 11 is -2.45. The van der Waals surface area contributed by atoms with Gasteiger partial charge in [-0.25, -0.2) is 8.51 Å². The normalized spacial score (nSPS) is 12.0. The van der Waals surface area contributed by atoms with Crippen molar-refractivity contribution in [1.82, 2.24) is 10.5 Å². The van der Waals surface area contributed by atoms with E-state index in [1.54, 1.807) is 30.3 Å². The van der Waals surface area contributed by atoms with Crippen LogP contribution in [0.4, 0.5) is 11.5 Å². The van der Waals surface area contributed by atoms with Crippen LogP contribution < -0.4 is 14.4 Å². The number of rotatable bonds is 6. The minimum atomic E-state index is -2.45. The van der Waals surface area contributed by atoms with Crippen LogP contribution in [0.1, 0.15) is 22.8 Å². The van der Waals surface area contributed by atoms with Crippen molar-refractivity contribution in [1.29, 1.82) is 0 Å². The van der Waals surface area contributed by atoms with Crippen LogP contribution in [0.15, 0.2) is 40.9 Å². The van der Waals surface area contributed by atoms with Gasteiger partial charge in [0.1, 0.15) is 11.4 Å². The lowest BCUT2D eigenvalue weighted by Crippen LogP contribution is -2.21. The molecular formula is C18H19N3O5S. The molecule has 1 atom stereocenters. The second-order valence-electron chi connectivity index (χ2n) is 5.65. The minimum absolute atomic E-state index is 0.114. The summed E-state index contributed by atoms with van der Waals surface area (Å²) in [5.41, 5.74) is 1.85. The van der Waals surface area contributed by atoms with Crippen LogP contribution in [-0.2, 0) is 17.7 Å². The van der Waals surface area contributed by atoms with Gasteiger partial charge in [0.15, 0.2) is 11.4 Å². The number of amides is 1. The number of carbonyl (C=O) groups is 1. The molecule has 0 aliphatic carbocycles. The molecule has 1 aromatic heterocycles. The molecular weight excluding hydrogens is 370 g/mol. The summed E-state index contributed by atoms with van der Waals surface area (Å²) < 4.78 is 34.0. The maximum Gasteiger partial charge on any atom is 0.268 e. The Kier molecular flexibility index (Phi) is 5.43. The molecule has 1 amide bonds. The van der Waals surface area contributed by atoms with Crippen molar-refractivity contribution in [3.63, 3.8) is 0 Å². The van der Waals surface area contributed by atoms with E-state index in [1.807, 2.05) is 13.0 Å². The lowest BCUT2D eigenvalue weighted by molar-refractivity contribution is 0.0963. The van der Waals surface area contributed by atoms with Gasteiger partial charge in [-0.05, 0) is 36.2 Å². The first-order chi connectivity index (χ1) is 13.0. The van der Waals surface area contributed by atoms with E-state index in [4.69, 9.17) is 9.26 Å². The fourth-order valence-electron chi connectivity index (χ4n) is 2.80. The molecule has 3 rings (SSSR count). The van der Waals surface area contributed by atoms with Crippen molar-refractivity contribution < 1.29 is 22.8 Å². The number of hydrogen-bond acceptors (Lipinski definition) is 5. The van der Waals surface area contributed by atoms with Crippen molar-refractivity contribution >= 4 is 39.6 Å². The number of aromatic nitrogens is 1. The zero-order valence-corrected chi connectivity index (χ0v) is 15.9. The third kappa shape index (κ3) is 3.38. The number of para-hydroxylation sites is 1. The maximum atomic E-state index is 12.2. The first-order valence-corrected chi connectivity index (χ1v) is 9.26. The number of carbonyl (C=O) groups excluding carboxylic acids is 1. The highest BCUT2D eigenvalue weighted by Gasteiger charge is 2.27. The van der Waals surface area contributed by atoms with E-state index in [0.717, 1.165) is 16.3 Å². The van der Waals surface area contributed by atoms with Crippen LogP contribution in [0, 0.1) is 0 Å². The average Bonchev–Trinajstić information content (AvgIpc) is 3.11. The van der Waals surface area contributed by atoms with Gasteiger partial charge in [-0.15, -0.1) is 0 Å². The van der Waals surface area contributed by atoms with Crippen molar-refractivity contribution in [2.75, 3.05) is 18.5 Å². The van der Waals surface area contributed by atoms with Gasteiger partial charge in [-0.2, -0.15) is 0 Å². The van der Waals surface area contributed by atoms with Crippen molar-refractivity contribution in [2.24, 2.45) is 0 Å². The zero-order chi connectivity index (χ0) is 19.6. The Balaban J connectivity index is 2.24. The SMILES string of the molecule is CCc1ccc(OC)c(N(c2noc3c(C(=O)NC)cccc23)S(=O)O)c1. The van der Waals surface area contributed by atoms with Gasteiger partial charge in [0.25, 0.3) is 17.2 Å². The maximum absolute atomic E-state index is 12.2. The number of fused-ring (bicyclic) bond motifs is 1. The highest BCUT2D eigenvalue weighted by atomic mass is 32.2. The molecule has 2 aromatic carbocycles. The van der Waals surface area contributed by atoms with E-state index >= 15 is 0 Å². The van der Waals surface area contributed by atoms with Crippen molar-refractivity contribution in [3.05, 3.63) is 47.5 Å². The summed E-state index contributed by atoms with van der Waals surface area (Å²) in [5.74, 6) is 0.182. The number of nitrogens with one attached hydrogen (secondary N) is 1. The topological polar surface area (TPSA) is 105 Å². The smallest absolute Gasteiger partial charge is 0.268 e. The highest BCUT2D eigenvalue weighted by Crippen LogP contribution is 2.39. The van der Waals surface area contributed by atoms with Gasteiger partial charge in [0, 0.05) is 7.05 Å². The Hall–Kier alpha value is -2.91. The molecule has 3 aromatic rings. The quantitative estimate of drug-likeness (QED) is 0.628. The Bertz CT molecular complexity index is 1020. The molecule has 9 heteroatoms. The number of hydrogen-bond donors (Lipinski definition) is 2. The van der Waals surface area contributed by atoms with E-state index in [9.17, 15) is 13.6 Å². The van der Waals surface area contributed by atoms with E-state index < -0.39 is 11.3 Å². The van der Waals surface area contributed by atoms with E-state index in [1.165, 1.54) is 14.2 Å². The van der Waals surface area contributed by atoms with E-state index in [0.29, 0.717) is 16.8 Å². The van der Waals surface area contributed by atoms with Crippen molar-refractivity contribution in [2.45, 2.75) is 13.3 Å². The molecule has 0 saturated heterocycles. The predicted molar refractivity (Wildman–Crippen MR) is 103 cm³/mol. The monoisotopic (exact) mass is 389 g/mol. The summed E-state index contributed by atoms with van der Waals surface area (Å²) in [5, 5.41) is 6.93. The molecule has 0 spiro atoms. The molecule has 0 bridgehead atoms. The largest absolute Gasteiger partial charge is 0.495 e. The molecule has 27 heavy (non-hydrogen) atoms. The number of ether oxygens (including phenoxy) is 1. The van der Waals surface area contributed by atoms with Crippen molar-refractivity contribution in [3.8, 4) is 5.75 Å². The molecule has 8 nitrogen and oxygen atoms in total. The Labute approximate surface area is 158 Å². The Morgan fingerprint density at radius 3 is 2.78 bits per heavy atom. The lowest BCUT2D eigenvalue weighted by Gasteiger charge is -2.20. The number of methoxy groups -OCH3 is 1. The van der Waals surface area contributed by atoms with Gasteiger partial charge in [0.05, 0.1) is 18.1 Å². The molecule has 1 unspecified atom stereocenters. The molecule has 0 aliphatic heterocycles. The predicted octanol–water partition coefficient (Wildman–Crippen LogP) is 3.03. The molecule has 1 heterocycles. The number of nitrogens with zero attached hydrogens (tertiary/aromatic N) is 2. The number of aryl methyl sites for hydroxylation is 1. The fourth-order valence-corrected chi connectivity index (χ4v) is 3.39. The summed E-state index contributed by atoms with van der Waals surface area (Å²) in [7, 11) is 2.99. The van der Waals surface area contributed by atoms with Crippen LogP contribution in [-0.4, -0.2) is 34.0 Å². The minimum Gasteiger partial charge on any atom is -0.495 e. The summed E-state index contributed by atoms with van der Waals surface area (Å²) in [4.78, 5) is 12.1. The third-order valence-electron chi connectivity index (χ3n) is 4.17. The molecule has 0 saturated carbocycles.